The summed E-state index contributed by atoms with van der Waals surface area (Å²) in [5, 5.41) is 3.14. The van der Waals surface area contributed by atoms with Gasteiger partial charge in [-0.1, -0.05) is 5.16 Å². The van der Waals surface area contributed by atoms with E-state index in [1.807, 2.05) is 0 Å². The van der Waals surface area contributed by atoms with Crippen LogP contribution >= 0.6 is 0 Å². The van der Waals surface area contributed by atoms with Crippen LogP contribution in [0.15, 0.2) is 5.16 Å². The van der Waals surface area contributed by atoms with E-state index in [2.05, 4.69) is 14.7 Å². The topological polar surface area (TPSA) is 91.3 Å². The lowest BCUT2D eigenvalue weighted by atomic mass is 10.2. The van der Waals surface area contributed by atoms with E-state index in [-0.39, 0.29) is 6.61 Å². The predicted octanol–water partition coefficient (Wildman–Crippen LogP) is 1.45. The molecule has 0 fully saturated rings. The number of ketones is 1. The summed E-state index contributed by atoms with van der Waals surface area (Å²) in [5.41, 5.74) is -1.35. The van der Waals surface area contributed by atoms with E-state index in [0.717, 1.165) is 6.92 Å². The minimum absolute atomic E-state index is 0.0809. The Hall–Kier alpha value is -1.92. The van der Waals surface area contributed by atoms with Crippen molar-refractivity contribution < 1.29 is 28.7 Å². The molecule has 0 amide bonds. The maximum absolute atomic E-state index is 11.3. The summed E-state index contributed by atoms with van der Waals surface area (Å²) >= 11 is 0. The number of oxime groups is 1. The Labute approximate surface area is 105 Å². The fourth-order valence-electron chi connectivity index (χ4n) is 0.796. The van der Waals surface area contributed by atoms with Crippen LogP contribution in [0.5, 0.6) is 0 Å². The molecule has 7 nitrogen and oxygen atoms in total. The molecule has 0 aromatic heterocycles. The molecule has 0 aromatic carbocycles. The van der Waals surface area contributed by atoms with Crippen molar-refractivity contribution in [2.24, 2.45) is 5.16 Å². The summed E-state index contributed by atoms with van der Waals surface area (Å²) in [6.45, 7) is 7.66. The molecule has 7 heteroatoms. The second kappa shape index (κ2) is 6.73. The summed E-state index contributed by atoms with van der Waals surface area (Å²) in [4.78, 5) is 37.8. The predicted molar refractivity (Wildman–Crippen MR) is 62.1 cm³/mol. The number of rotatable bonds is 4. The van der Waals surface area contributed by atoms with Gasteiger partial charge in [-0.3, -0.25) is 9.63 Å². The first kappa shape index (κ1) is 16.1. The van der Waals surface area contributed by atoms with Gasteiger partial charge in [0.15, 0.2) is 5.78 Å². The van der Waals surface area contributed by atoms with E-state index in [9.17, 15) is 14.4 Å². The summed E-state index contributed by atoms with van der Waals surface area (Å²) in [7, 11) is 0. The van der Waals surface area contributed by atoms with Gasteiger partial charge in [-0.25, -0.2) is 9.59 Å². The molecule has 0 radical (unpaired) electrons. The van der Waals surface area contributed by atoms with Crippen LogP contribution in [0.3, 0.4) is 0 Å². The van der Waals surface area contributed by atoms with Gasteiger partial charge in [0.2, 0.25) is 5.71 Å². The van der Waals surface area contributed by atoms with E-state index >= 15 is 0 Å². The number of nitrogens with zero attached hydrogens (tertiary/aromatic N) is 1. The van der Waals surface area contributed by atoms with Gasteiger partial charge in [-0.15, -0.1) is 0 Å². The van der Waals surface area contributed by atoms with Crippen molar-refractivity contribution >= 4 is 23.6 Å². The zero-order chi connectivity index (χ0) is 14.3. The molecule has 0 spiro atoms. The number of hydrogen-bond acceptors (Lipinski definition) is 7. The highest BCUT2D eigenvalue weighted by molar-refractivity contribution is 6.63. The highest BCUT2D eigenvalue weighted by Gasteiger charge is 2.22. The Balaban J connectivity index is 4.65. The SMILES string of the molecule is CCOC(=O)/C(=N\OC(=O)OC(C)(C)C)C(C)=O. The quantitative estimate of drug-likeness (QED) is 0.249. The first-order valence-corrected chi connectivity index (χ1v) is 5.33. The molecular weight excluding hydrogens is 242 g/mol. The zero-order valence-electron chi connectivity index (χ0n) is 11.1. The van der Waals surface area contributed by atoms with Crippen molar-refractivity contribution in [2.45, 2.75) is 40.2 Å². The molecule has 0 unspecified atom stereocenters. The Morgan fingerprint density at radius 1 is 1.17 bits per heavy atom. The van der Waals surface area contributed by atoms with Gasteiger partial charge in [0.05, 0.1) is 6.61 Å². The summed E-state index contributed by atoms with van der Waals surface area (Å²) in [6.07, 6.45) is -1.11. The Morgan fingerprint density at radius 2 is 1.72 bits per heavy atom. The smallest absolute Gasteiger partial charge is 0.461 e. The van der Waals surface area contributed by atoms with Gasteiger partial charge >= 0.3 is 12.1 Å². The first-order chi connectivity index (χ1) is 8.17. The highest BCUT2D eigenvalue weighted by Crippen LogP contribution is 2.08. The summed E-state index contributed by atoms with van der Waals surface area (Å²) in [5.74, 6) is -1.62. The third kappa shape index (κ3) is 6.62. The average molecular weight is 259 g/mol. The van der Waals surface area contributed by atoms with Crippen LogP contribution in [0.2, 0.25) is 0 Å². The van der Waals surface area contributed by atoms with Gasteiger partial charge in [-0.05, 0) is 27.7 Å². The van der Waals surface area contributed by atoms with Gasteiger partial charge in [0.25, 0.3) is 0 Å². The van der Waals surface area contributed by atoms with Crippen molar-refractivity contribution in [3.8, 4) is 0 Å². The van der Waals surface area contributed by atoms with E-state index in [1.54, 1.807) is 27.7 Å². The zero-order valence-corrected chi connectivity index (χ0v) is 11.1. The highest BCUT2D eigenvalue weighted by atomic mass is 16.8. The molecule has 0 aromatic rings. The van der Waals surface area contributed by atoms with Crippen LogP contribution in [0.1, 0.15) is 34.6 Å². The normalized spacial score (nSPS) is 11.7. The second-order valence-corrected chi connectivity index (χ2v) is 4.27. The number of carbonyl (C=O) groups excluding carboxylic acids is 3. The summed E-state index contributed by atoms with van der Waals surface area (Å²) in [6, 6.07) is 0. The van der Waals surface area contributed by atoms with E-state index in [1.165, 1.54) is 0 Å². The van der Waals surface area contributed by atoms with Crippen LogP contribution < -0.4 is 0 Å². The number of Topliss-reactive ketones (excluding diaryl/α,β-unsaturated/α-hetero) is 1. The number of carbonyl (C=O) groups is 3. The monoisotopic (exact) mass is 259 g/mol. The minimum atomic E-state index is -1.11. The standard InChI is InChI=1S/C11H17NO6/c1-6-16-9(14)8(7(2)13)12-18-10(15)17-11(3,4)5/h6H2,1-5H3/b12-8-. The number of hydrogen-bond donors (Lipinski definition) is 0. The molecular formula is C11H17NO6. The van der Waals surface area contributed by atoms with Crippen molar-refractivity contribution in [2.75, 3.05) is 6.61 Å². The molecule has 0 atom stereocenters. The Morgan fingerprint density at radius 3 is 2.11 bits per heavy atom. The van der Waals surface area contributed by atoms with Crippen LogP contribution in [0.25, 0.3) is 0 Å². The lowest BCUT2D eigenvalue weighted by molar-refractivity contribution is -0.135. The van der Waals surface area contributed by atoms with E-state index in [0.29, 0.717) is 0 Å². The van der Waals surface area contributed by atoms with Gasteiger partial charge in [0.1, 0.15) is 5.60 Å². The van der Waals surface area contributed by atoms with Crippen LogP contribution in [0.4, 0.5) is 4.79 Å². The van der Waals surface area contributed by atoms with Crippen molar-refractivity contribution in [1.82, 2.24) is 0 Å². The molecule has 102 valence electrons. The largest absolute Gasteiger partial charge is 0.535 e. The van der Waals surface area contributed by atoms with Gasteiger partial charge in [-0.2, -0.15) is 0 Å². The molecule has 0 saturated carbocycles. The van der Waals surface area contributed by atoms with Crippen molar-refractivity contribution in [3.63, 3.8) is 0 Å². The van der Waals surface area contributed by atoms with Gasteiger partial charge in [0, 0.05) is 6.92 Å². The maximum atomic E-state index is 11.3. The third-order valence-corrected chi connectivity index (χ3v) is 1.40. The molecule has 0 saturated heterocycles. The second-order valence-electron chi connectivity index (χ2n) is 4.27. The maximum Gasteiger partial charge on any atom is 0.535 e. The van der Waals surface area contributed by atoms with Crippen LogP contribution in [0, 0.1) is 0 Å². The van der Waals surface area contributed by atoms with E-state index in [4.69, 9.17) is 4.74 Å². The molecule has 0 bridgehead atoms. The van der Waals surface area contributed by atoms with E-state index < -0.39 is 29.2 Å². The fraction of sp³-hybridized carbons (Fsp3) is 0.636. The molecule has 0 rings (SSSR count). The summed E-state index contributed by atoms with van der Waals surface area (Å²) < 4.78 is 9.35. The number of ether oxygens (including phenoxy) is 2. The van der Waals surface area contributed by atoms with Crippen LogP contribution in [-0.4, -0.2) is 35.8 Å². The average Bonchev–Trinajstić information content (AvgIpc) is 2.14. The molecule has 0 aliphatic heterocycles. The molecule has 0 heterocycles. The lowest BCUT2D eigenvalue weighted by Crippen LogP contribution is -2.27. The first-order valence-electron chi connectivity index (χ1n) is 5.33. The fourth-order valence-corrected chi connectivity index (χ4v) is 0.796. The Bertz CT molecular complexity index is 366. The molecule has 0 N–H and O–H groups in total. The number of esters is 1. The van der Waals surface area contributed by atoms with Crippen LogP contribution in [-0.2, 0) is 23.9 Å². The minimum Gasteiger partial charge on any atom is -0.461 e. The third-order valence-electron chi connectivity index (χ3n) is 1.40. The van der Waals surface area contributed by atoms with Crippen molar-refractivity contribution in [1.29, 1.82) is 0 Å². The molecule has 0 aliphatic carbocycles. The van der Waals surface area contributed by atoms with Crippen molar-refractivity contribution in [3.05, 3.63) is 0 Å². The molecule has 18 heavy (non-hydrogen) atoms. The van der Waals surface area contributed by atoms with Gasteiger partial charge < -0.3 is 9.47 Å². The Kier molecular flexibility index (Phi) is 6.01. The lowest BCUT2D eigenvalue weighted by Gasteiger charge is -2.17. The molecule has 0 aliphatic rings.